The van der Waals surface area contributed by atoms with Gasteiger partial charge >= 0.3 is 6.18 Å². The highest BCUT2D eigenvalue weighted by molar-refractivity contribution is 6.31. The normalized spacial score (nSPS) is 11.4. The third kappa shape index (κ3) is 3.60. The van der Waals surface area contributed by atoms with E-state index in [2.05, 4.69) is 10.3 Å². The number of halogens is 5. The monoisotopic (exact) mass is 304 g/mol. The van der Waals surface area contributed by atoms with Crippen molar-refractivity contribution in [1.29, 1.82) is 0 Å². The van der Waals surface area contributed by atoms with Crippen LogP contribution in [0.2, 0.25) is 5.02 Å². The zero-order valence-electron chi connectivity index (χ0n) is 10.0. The molecule has 20 heavy (non-hydrogen) atoms. The fraction of sp³-hybridized carbons (Fsp3) is 0.154. The van der Waals surface area contributed by atoms with E-state index in [0.717, 1.165) is 18.3 Å². The number of pyridine rings is 1. The van der Waals surface area contributed by atoms with Crippen LogP contribution >= 0.6 is 11.6 Å². The van der Waals surface area contributed by atoms with E-state index in [1.54, 1.807) is 0 Å². The number of aromatic nitrogens is 1. The molecule has 2 aromatic rings. The van der Waals surface area contributed by atoms with Gasteiger partial charge in [0.2, 0.25) is 0 Å². The van der Waals surface area contributed by atoms with Crippen molar-refractivity contribution in [3.63, 3.8) is 0 Å². The molecule has 0 fully saturated rings. The van der Waals surface area contributed by atoms with Crippen LogP contribution in [0.15, 0.2) is 36.7 Å². The highest BCUT2D eigenvalue weighted by Gasteiger charge is 2.33. The van der Waals surface area contributed by atoms with E-state index in [-0.39, 0.29) is 17.3 Å². The summed E-state index contributed by atoms with van der Waals surface area (Å²) in [6.45, 7) is 0.156. The van der Waals surface area contributed by atoms with Crippen molar-refractivity contribution in [3.05, 3.63) is 58.6 Å². The Morgan fingerprint density at radius 2 is 1.90 bits per heavy atom. The number of hydrogen-bond donors (Lipinski definition) is 1. The number of nitrogens with zero attached hydrogens (tertiary/aromatic N) is 1. The largest absolute Gasteiger partial charge is 0.417 e. The molecular weight excluding hydrogens is 296 g/mol. The van der Waals surface area contributed by atoms with Crippen LogP contribution < -0.4 is 5.32 Å². The van der Waals surface area contributed by atoms with Crippen molar-refractivity contribution in [2.75, 3.05) is 5.32 Å². The summed E-state index contributed by atoms with van der Waals surface area (Å²) in [6, 6.07) is 4.75. The van der Waals surface area contributed by atoms with Crippen LogP contribution in [0.4, 0.5) is 23.2 Å². The van der Waals surface area contributed by atoms with Crippen molar-refractivity contribution in [1.82, 2.24) is 4.98 Å². The molecule has 0 bridgehead atoms. The Labute approximate surface area is 117 Å². The van der Waals surface area contributed by atoms with Gasteiger partial charge in [0, 0.05) is 18.4 Å². The molecule has 0 spiro atoms. The topological polar surface area (TPSA) is 24.9 Å². The van der Waals surface area contributed by atoms with E-state index >= 15 is 0 Å². The van der Waals surface area contributed by atoms with E-state index < -0.39 is 17.6 Å². The summed E-state index contributed by atoms with van der Waals surface area (Å²) in [4.78, 5) is 3.65. The molecule has 0 aliphatic rings. The van der Waals surface area contributed by atoms with Gasteiger partial charge in [-0.2, -0.15) is 13.2 Å². The molecule has 106 valence electrons. The predicted octanol–water partition coefficient (Wildman–Crippen LogP) is 4.51. The smallest absolute Gasteiger partial charge is 0.381 e. The minimum absolute atomic E-state index is 0.156. The van der Waals surface area contributed by atoms with Crippen molar-refractivity contribution in [2.24, 2.45) is 0 Å². The summed E-state index contributed by atoms with van der Waals surface area (Å²) in [7, 11) is 0. The highest BCUT2D eigenvalue weighted by atomic mass is 35.5. The van der Waals surface area contributed by atoms with Gasteiger partial charge in [-0.25, -0.2) is 4.39 Å². The van der Waals surface area contributed by atoms with E-state index in [1.807, 2.05) is 0 Å². The Hall–Kier alpha value is -1.82. The second-order valence-corrected chi connectivity index (χ2v) is 4.46. The molecule has 0 unspecified atom stereocenters. The molecule has 1 aromatic carbocycles. The van der Waals surface area contributed by atoms with E-state index in [1.165, 1.54) is 18.3 Å². The maximum absolute atomic E-state index is 12.9. The lowest BCUT2D eigenvalue weighted by atomic mass is 10.2. The van der Waals surface area contributed by atoms with Gasteiger partial charge in [0.1, 0.15) is 5.82 Å². The highest BCUT2D eigenvalue weighted by Crippen LogP contribution is 2.36. The van der Waals surface area contributed by atoms with Gasteiger partial charge in [0.15, 0.2) is 0 Å². The average Bonchev–Trinajstić information content (AvgIpc) is 2.36. The van der Waals surface area contributed by atoms with E-state index in [0.29, 0.717) is 5.56 Å². The third-order valence-electron chi connectivity index (χ3n) is 2.53. The zero-order chi connectivity index (χ0) is 14.8. The van der Waals surface area contributed by atoms with Gasteiger partial charge in [-0.3, -0.25) is 4.98 Å². The number of rotatable bonds is 3. The summed E-state index contributed by atoms with van der Waals surface area (Å²) in [5.74, 6) is -0.503. The summed E-state index contributed by atoms with van der Waals surface area (Å²) in [5.41, 5.74) is -0.152. The molecule has 1 heterocycles. The van der Waals surface area contributed by atoms with Crippen LogP contribution in [0.5, 0.6) is 0 Å². The second kappa shape index (κ2) is 5.66. The fourth-order valence-electron chi connectivity index (χ4n) is 1.61. The number of hydrogen-bond acceptors (Lipinski definition) is 2. The Kier molecular flexibility index (Phi) is 4.13. The average molecular weight is 305 g/mol. The Balaban J connectivity index is 2.14. The molecule has 0 radical (unpaired) electrons. The third-order valence-corrected chi connectivity index (χ3v) is 2.86. The van der Waals surface area contributed by atoms with E-state index in [4.69, 9.17) is 11.6 Å². The molecule has 0 aliphatic heterocycles. The molecular formula is C13H9ClF4N2. The van der Waals surface area contributed by atoms with E-state index in [9.17, 15) is 17.6 Å². The fourth-order valence-corrected chi connectivity index (χ4v) is 1.83. The predicted molar refractivity (Wildman–Crippen MR) is 68.0 cm³/mol. The molecule has 1 aromatic heterocycles. The van der Waals surface area contributed by atoms with Crippen molar-refractivity contribution in [3.8, 4) is 0 Å². The van der Waals surface area contributed by atoms with Crippen molar-refractivity contribution < 1.29 is 17.6 Å². The number of nitrogens with one attached hydrogen (secondary N) is 1. The number of alkyl halides is 3. The Bertz CT molecular complexity index is 614. The van der Waals surface area contributed by atoms with Crippen LogP contribution in [0.1, 0.15) is 11.1 Å². The maximum Gasteiger partial charge on any atom is 0.417 e. The van der Waals surface area contributed by atoms with Gasteiger partial charge in [-0.15, -0.1) is 0 Å². The molecule has 0 atom stereocenters. The molecule has 0 saturated heterocycles. The SMILES string of the molecule is Fc1cncc(CNc2ccc(Cl)c(C(F)(F)F)c2)c1. The first-order valence-electron chi connectivity index (χ1n) is 5.56. The molecule has 0 amide bonds. The summed E-state index contributed by atoms with van der Waals surface area (Å²) in [5, 5.41) is 2.40. The van der Waals surface area contributed by atoms with Crippen molar-refractivity contribution >= 4 is 17.3 Å². The van der Waals surface area contributed by atoms with Gasteiger partial charge < -0.3 is 5.32 Å². The Morgan fingerprint density at radius 3 is 2.55 bits per heavy atom. The molecule has 0 aliphatic carbocycles. The van der Waals surface area contributed by atoms with Gasteiger partial charge in [-0.1, -0.05) is 11.6 Å². The first-order chi connectivity index (χ1) is 9.36. The van der Waals surface area contributed by atoms with Crippen LogP contribution in [0, 0.1) is 5.82 Å². The molecule has 7 heteroatoms. The zero-order valence-corrected chi connectivity index (χ0v) is 10.8. The number of anilines is 1. The van der Waals surface area contributed by atoms with Crippen LogP contribution in [-0.4, -0.2) is 4.98 Å². The lowest BCUT2D eigenvalue weighted by Crippen LogP contribution is -2.07. The quantitative estimate of drug-likeness (QED) is 0.844. The molecule has 1 N–H and O–H groups in total. The first kappa shape index (κ1) is 14.6. The maximum atomic E-state index is 12.9. The van der Waals surface area contributed by atoms with Crippen LogP contribution in [0.3, 0.4) is 0 Å². The minimum atomic E-state index is -4.52. The second-order valence-electron chi connectivity index (χ2n) is 4.06. The summed E-state index contributed by atoms with van der Waals surface area (Å²) >= 11 is 5.51. The number of benzene rings is 1. The van der Waals surface area contributed by atoms with Gasteiger partial charge in [-0.05, 0) is 29.8 Å². The molecule has 2 nitrogen and oxygen atoms in total. The van der Waals surface area contributed by atoms with Gasteiger partial charge in [0.05, 0.1) is 16.8 Å². The standard InChI is InChI=1S/C13H9ClF4N2/c14-12-2-1-10(4-11(12)13(16,17)18)20-6-8-3-9(15)7-19-5-8/h1-5,7,20H,6H2. The van der Waals surface area contributed by atoms with Crippen LogP contribution in [0.25, 0.3) is 0 Å². The molecule has 0 saturated carbocycles. The summed E-state index contributed by atoms with van der Waals surface area (Å²) < 4.78 is 50.9. The molecule has 2 rings (SSSR count). The lowest BCUT2D eigenvalue weighted by molar-refractivity contribution is -0.137. The first-order valence-corrected chi connectivity index (χ1v) is 5.94. The van der Waals surface area contributed by atoms with Gasteiger partial charge in [0.25, 0.3) is 0 Å². The Morgan fingerprint density at radius 1 is 1.15 bits per heavy atom. The van der Waals surface area contributed by atoms with Crippen molar-refractivity contribution in [2.45, 2.75) is 12.7 Å². The lowest BCUT2D eigenvalue weighted by Gasteiger charge is -2.12. The van der Waals surface area contributed by atoms with Crippen LogP contribution in [-0.2, 0) is 12.7 Å². The summed E-state index contributed by atoms with van der Waals surface area (Å²) in [6.07, 6.45) is -2.04. The minimum Gasteiger partial charge on any atom is -0.381 e.